The Morgan fingerprint density at radius 3 is 1.52 bits per heavy atom. The zero-order valence-corrected chi connectivity index (χ0v) is 14.7. The lowest BCUT2D eigenvalue weighted by atomic mass is 9.88. The minimum atomic E-state index is 0.329. The molecular weight excluding hydrogens is 319 g/mol. The van der Waals surface area contributed by atoms with Crippen molar-refractivity contribution < 1.29 is 0 Å². The molecule has 0 amide bonds. The van der Waals surface area contributed by atoms with Crippen molar-refractivity contribution >= 4 is 35.0 Å². The van der Waals surface area contributed by atoms with Gasteiger partial charge in [-0.05, 0) is 61.2 Å². The van der Waals surface area contributed by atoms with Crippen molar-refractivity contribution in [1.29, 1.82) is 0 Å². The summed E-state index contributed by atoms with van der Waals surface area (Å²) in [5.41, 5.74) is 0. The lowest BCUT2D eigenvalue weighted by Gasteiger charge is -2.37. The molecule has 4 saturated carbocycles. The Hall–Kier alpha value is 0.410. The summed E-state index contributed by atoms with van der Waals surface area (Å²) in [5, 5.41) is 1.91. The molecule has 0 aromatic rings. The molecule has 0 aromatic carbocycles. The van der Waals surface area contributed by atoms with Gasteiger partial charge in [-0.15, -0.1) is 36.4 Å². The van der Waals surface area contributed by atoms with Crippen LogP contribution < -0.4 is 0 Å². The fourth-order valence-corrected chi connectivity index (χ4v) is 8.96. The Morgan fingerprint density at radius 2 is 1.19 bits per heavy atom. The van der Waals surface area contributed by atoms with Gasteiger partial charge in [0.05, 0.1) is 0 Å². The van der Waals surface area contributed by atoms with Gasteiger partial charge in [0.15, 0.2) is 0 Å². The number of allylic oxidation sites excluding steroid dienone is 2. The number of hydrogen-bond donors (Lipinski definition) is 0. The van der Waals surface area contributed by atoms with Crippen molar-refractivity contribution in [1.82, 2.24) is 0 Å². The number of hydrogen-bond acceptors (Lipinski definition) is 1. The molecule has 116 valence electrons. The topological polar surface area (TPSA) is 0 Å². The van der Waals surface area contributed by atoms with Gasteiger partial charge in [0.1, 0.15) is 0 Å². The minimum absolute atomic E-state index is 0.329. The predicted octanol–water partition coefficient (Wildman–Crippen LogP) is 5.36. The minimum Gasteiger partial charge on any atom is -0.151 e. The Balaban J connectivity index is 1.44. The fraction of sp³-hybridized carbons (Fsp3) is 0.778. The molecule has 10 atom stereocenters. The summed E-state index contributed by atoms with van der Waals surface area (Å²) in [7, 11) is 0. The molecule has 0 aliphatic heterocycles. The van der Waals surface area contributed by atoms with Crippen LogP contribution >= 0.6 is 35.0 Å². The average molecular weight is 343 g/mol. The molecule has 3 heteroatoms. The molecule has 0 radical (unpaired) electrons. The third-order valence-electron chi connectivity index (χ3n) is 6.69. The largest absolute Gasteiger partial charge is 0.151 e. The van der Waals surface area contributed by atoms with E-state index in [0.717, 1.165) is 11.8 Å². The van der Waals surface area contributed by atoms with Gasteiger partial charge in [-0.25, -0.2) is 0 Å². The molecule has 0 heterocycles. The first-order chi connectivity index (χ1) is 10.1. The van der Waals surface area contributed by atoms with Crippen molar-refractivity contribution in [2.75, 3.05) is 0 Å². The van der Waals surface area contributed by atoms with E-state index in [1.54, 1.807) is 0 Å². The summed E-state index contributed by atoms with van der Waals surface area (Å²) in [4.78, 5) is 0. The molecule has 0 aromatic heterocycles. The van der Waals surface area contributed by atoms with E-state index < -0.39 is 0 Å². The summed E-state index contributed by atoms with van der Waals surface area (Å²) in [5.74, 6) is 4.24. The SMILES string of the molecule is C=C[C@@H]1C[C@H]2C[C@@H]1[C@@H](Cl)[C@@H]2S[C@H]1[C@H]2C[C@@H]([C@@H]1Cl)[C@@H](C=C)C2. The summed E-state index contributed by atoms with van der Waals surface area (Å²) in [6.45, 7) is 7.98. The molecule has 4 aliphatic rings. The first kappa shape index (κ1) is 15.0. The van der Waals surface area contributed by atoms with Crippen LogP contribution in [0.15, 0.2) is 25.3 Å². The van der Waals surface area contributed by atoms with E-state index in [1.165, 1.54) is 25.7 Å². The third-order valence-corrected chi connectivity index (χ3v) is 10.2. The van der Waals surface area contributed by atoms with E-state index in [9.17, 15) is 0 Å². The monoisotopic (exact) mass is 342 g/mol. The first-order valence-corrected chi connectivity index (χ1v) is 10.1. The van der Waals surface area contributed by atoms with Gasteiger partial charge in [-0.2, -0.15) is 11.8 Å². The highest BCUT2D eigenvalue weighted by Crippen LogP contribution is 2.61. The first-order valence-electron chi connectivity index (χ1n) is 8.32. The summed E-state index contributed by atoms with van der Waals surface area (Å²) in [6, 6.07) is 0. The second-order valence-corrected chi connectivity index (χ2v) is 9.91. The van der Waals surface area contributed by atoms with Crippen molar-refractivity contribution in [3.8, 4) is 0 Å². The van der Waals surface area contributed by atoms with Gasteiger partial charge in [0, 0.05) is 21.3 Å². The van der Waals surface area contributed by atoms with Crippen molar-refractivity contribution in [3.05, 3.63) is 25.3 Å². The van der Waals surface area contributed by atoms with Crippen LogP contribution in [0.4, 0.5) is 0 Å². The average Bonchev–Trinajstić information content (AvgIpc) is 3.21. The molecule has 4 fully saturated rings. The maximum absolute atomic E-state index is 6.80. The van der Waals surface area contributed by atoms with Gasteiger partial charge in [-0.1, -0.05) is 12.2 Å². The quantitative estimate of drug-likeness (QED) is 0.489. The van der Waals surface area contributed by atoms with Gasteiger partial charge in [-0.3, -0.25) is 0 Å². The van der Waals surface area contributed by atoms with Crippen molar-refractivity contribution in [2.45, 2.75) is 46.9 Å². The van der Waals surface area contributed by atoms with E-state index in [0.29, 0.717) is 44.9 Å². The molecule has 0 unspecified atom stereocenters. The van der Waals surface area contributed by atoms with Gasteiger partial charge in [0.2, 0.25) is 0 Å². The maximum Gasteiger partial charge on any atom is 0.0491 e. The van der Waals surface area contributed by atoms with Gasteiger partial charge < -0.3 is 0 Å². The number of halogens is 2. The molecule has 4 aliphatic carbocycles. The van der Waals surface area contributed by atoms with E-state index in [-0.39, 0.29) is 0 Å². The third kappa shape index (κ3) is 2.17. The van der Waals surface area contributed by atoms with Crippen LogP contribution in [0.3, 0.4) is 0 Å². The molecule has 0 spiro atoms. The van der Waals surface area contributed by atoms with E-state index >= 15 is 0 Å². The summed E-state index contributed by atoms with van der Waals surface area (Å²) < 4.78 is 0. The summed E-state index contributed by atoms with van der Waals surface area (Å²) in [6.07, 6.45) is 9.50. The van der Waals surface area contributed by atoms with Crippen LogP contribution in [0.5, 0.6) is 0 Å². The van der Waals surface area contributed by atoms with Crippen LogP contribution in [0.2, 0.25) is 0 Å². The van der Waals surface area contributed by atoms with Gasteiger partial charge in [0.25, 0.3) is 0 Å². The number of alkyl halides is 2. The Labute approximate surface area is 142 Å². The lowest BCUT2D eigenvalue weighted by Crippen LogP contribution is -2.36. The van der Waals surface area contributed by atoms with Crippen molar-refractivity contribution in [2.24, 2.45) is 35.5 Å². The zero-order valence-electron chi connectivity index (χ0n) is 12.3. The highest BCUT2D eigenvalue weighted by atomic mass is 35.5. The highest BCUT2D eigenvalue weighted by molar-refractivity contribution is 8.00. The molecule has 21 heavy (non-hydrogen) atoms. The molecule has 0 saturated heterocycles. The van der Waals surface area contributed by atoms with E-state index in [1.807, 2.05) is 0 Å². The zero-order chi connectivity index (χ0) is 14.7. The second kappa shape index (κ2) is 5.49. The number of fused-ring (bicyclic) bond motifs is 4. The Morgan fingerprint density at radius 1 is 0.762 bits per heavy atom. The predicted molar refractivity (Wildman–Crippen MR) is 94.3 cm³/mol. The van der Waals surface area contributed by atoms with E-state index in [2.05, 4.69) is 37.1 Å². The number of rotatable bonds is 4. The summed E-state index contributed by atoms with van der Waals surface area (Å²) >= 11 is 15.8. The highest BCUT2D eigenvalue weighted by Gasteiger charge is 2.56. The molecule has 4 bridgehead atoms. The van der Waals surface area contributed by atoms with Crippen LogP contribution in [0.25, 0.3) is 0 Å². The van der Waals surface area contributed by atoms with Gasteiger partial charge >= 0.3 is 0 Å². The van der Waals surface area contributed by atoms with Crippen LogP contribution in [-0.4, -0.2) is 21.3 Å². The molecule has 0 nitrogen and oxygen atoms in total. The normalized spacial score (nSPS) is 57.8. The molecule has 0 N–H and O–H groups in total. The number of thioether (sulfide) groups is 1. The van der Waals surface area contributed by atoms with Crippen LogP contribution in [0.1, 0.15) is 25.7 Å². The Bertz CT molecular complexity index is 406. The van der Waals surface area contributed by atoms with Crippen LogP contribution in [-0.2, 0) is 0 Å². The second-order valence-electron chi connectivity index (χ2n) is 7.54. The lowest BCUT2D eigenvalue weighted by molar-refractivity contribution is 0.396. The molecular formula is C18H24Cl2S. The Kier molecular flexibility index (Phi) is 3.92. The van der Waals surface area contributed by atoms with E-state index in [4.69, 9.17) is 23.2 Å². The smallest absolute Gasteiger partial charge is 0.0491 e. The van der Waals surface area contributed by atoms with Crippen LogP contribution in [0, 0.1) is 35.5 Å². The van der Waals surface area contributed by atoms with Crippen molar-refractivity contribution in [3.63, 3.8) is 0 Å². The maximum atomic E-state index is 6.80. The standard InChI is InChI=1S/C18H24Cl2S/c1-3-9-5-11-7-13(9)15(19)17(11)21-18-12-6-10(4-2)14(8-12)16(18)20/h3-4,9-18H,1-2,5-8H2/t9-,10+,11+,12-,13+,14-,15-,16+,17-,18+. The fourth-order valence-electron chi connectivity index (χ4n) is 5.66. The molecule has 4 rings (SSSR count).